The van der Waals surface area contributed by atoms with Crippen LogP contribution in [0.25, 0.3) is 0 Å². The third-order valence-electron chi connectivity index (χ3n) is 8.39. The quantitative estimate of drug-likeness (QED) is 0.0321. The van der Waals surface area contributed by atoms with E-state index in [2.05, 4.69) is 16.6 Å². The zero-order valence-corrected chi connectivity index (χ0v) is 27.1. The molecule has 2 aliphatic rings. The molecule has 2 amide bonds. The highest BCUT2D eigenvalue weighted by atomic mass is 16.6. The largest absolute Gasteiger partial charge is 0.511 e. The second-order valence-corrected chi connectivity index (χ2v) is 11.8. The number of esters is 1. The topological polar surface area (TPSA) is 187 Å². The first kappa shape index (κ1) is 34.0. The van der Waals surface area contributed by atoms with Crippen LogP contribution in [0.1, 0.15) is 58.3 Å². The third kappa shape index (κ3) is 6.84. The number of fused-ring (bicyclic) bond motifs is 6. The first-order chi connectivity index (χ1) is 24.6. The number of hydrogen-bond acceptors (Lipinski definition) is 10. The first-order valence-corrected chi connectivity index (χ1v) is 15.9. The maximum atomic E-state index is 13.3. The molecule has 12 heteroatoms. The van der Waals surface area contributed by atoms with Crippen molar-refractivity contribution in [1.82, 2.24) is 5.32 Å². The molecule has 0 aromatic heterocycles. The molecule has 2 aliphatic heterocycles. The summed E-state index contributed by atoms with van der Waals surface area (Å²) in [6.45, 7) is 0.418. The summed E-state index contributed by atoms with van der Waals surface area (Å²) in [4.78, 5) is 38.3. The first-order valence-electron chi connectivity index (χ1n) is 15.9. The molecule has 0 saturated carbocycles. The fourth-order valence-electron chi connectivity index (χ4n) is 5.96. The van der Waals surface area contributed by atoms with Gasteiger partial charge in [-0.1, -0.05) is 12.1 Å². The number of phenols is 2. The fourth-order valence-corrected chi connectivity index (χ4v) is 5.96. The van der Waals surface area contributed by atoms with Gasteiger partial charge in [-0.3, -0.25) is 9.59 Å². The maximum absolute atomic E-state index is 13.3. The van der Waals surface area contributed by atoms with Gasteiger partial charge in [-0.05, 0) is 66.6 Å². The number of hydrogen-bond donors (Lipinski definition) is 5. The van der Waals surface area contributed by atoms with Crippen molar-refractivity contribution in [3.05, 3.63) is 118 Å². The van der Waals surface area contributed by atoms with Crippen molar-refractivity contribution < 1.29 is 43.9 Å². The summed E-state index contributed by atoms with van der Waals surface area (Å²) in [6, 6.07) is 22.4. The number of nitriles is 1. The number of rotatable bonds is 11. The van der Waals surface area contributed by atoms with E-state index >= 15 is 0 Å². The van der Waals surface area contributed by atoms with Crippen LogP contribution in [-0.4, -0.2) is 39.7 Å². The number of carbonyl (C=O) groups is 3. The van der Waals surface area contributed by atoms with Crippen LogP contribution in [0.5, 0.6) is 28.7 Å². The van der Waals surface area contributed by atoms with E-state index in [1.807, 2.05) is 0 Å². The van der Waals surface area contributed by atoms with Crippen LogP contribution in [0, 0.1) is 23.7 Å². The minimum absolute atomic E-state index is 0.0203. The Morgan fingerprint density at radius 3 is 2.22 bits per heavy atom. The molecule has 0 saturated heterocycles. The summed E-state index contributed by atoms with van der Waals surface area (Å²) in [6.07, 6.45) is 5.98. The number of carbonyl (C=O) groups excluding carboxylic acids is 3. The number of ether oxygens (including phenoxy) is 3. The second-order valence-electron chi connectivity index (χ2n) is 11.8. The van der Waals surface area contributed by atoms with Gasteiger partial charge in [0, 0.05) is 60.3 Å². The fraction of sp³-hybridized carbons (Fsp3) is 0.179. The minimum atomic E-state index is -1.36. The van der Waals surface area contributed by atoms with E-state index in [1.54, 1.807) is 60.7 Å². The summed E-state index contributed by atoms with van der Waals surface area (Å²) in [5, 5.41) is 44.8. The monoisotopic (exact) mass is 685 g/mol. The van der Waals surface area contributed by atoms with Crippen LogP contribution in [0.2, 0.25) is 0 Å². The van der Waals surface area contributed by atoms with Crippen molar-refractivity contribution >= 4 is 23.5 Å². The number of aliphatic hydroxyl groups excluding tert-OH is 1. The predicted molar refractivity (Wildman–Crippen MR) is 183 cm³/mol. The van der Waals surface area contributed by atoms with Gasteiger partial charge in [0.2, 0.25) is 5.91 Å². The Labute approximate surface area is 292 Å². The van der Waals surface area contributed by atoms with Crippen LogP contribution in [-0.2, 0) is 26.5 Å². The van der Waals surface area contributed by atoms with Crippen LogP contribution in [0.4, 0.5) is 5.69 Å². The van der Waals surface area contributed by atoms with Crippen molar-refractivity contribution in [3.8, 4) is 47.2 Å². The Morgan fingerprint density at radius 1 is 0.902 bits per heavy atom. The molecule has 0 fully saturated rings. The van der Waals surface area contributed by atoms with Gasteiger partial charge in [0.15, 0.2) is 11.2 Å². The van der Waals surface area contributed by atoms with Crippen LogP contribution in [0.3, 0.4) is 0 Å². The molecular weight excluding hydrogens is 654 g/mol. The van der Waals surface area contributed by atoms with Crippen molar-refractivity contribution in [2.75, 3.05) is 11.9 Å². The Bertz CT molecular complexity index is 2110. The molecule has 2 heterocycles. The minimum Gasteiger partial charge on any atom is -0.511 e. The van der Waals surface area contributed by atoms with Gasteiger partial charge in [-0.25, -0.2) is 4.79 Å². The van der Waals surface area contributed by atoms with Gasteiger partial charge >= 0.3 is 5.97 Å². The standard InChI is InChI=1S/C39H31N3O9/c1-2-3-5-33(45)29(21-40)37(47)42-24-8-12-27(13-9-24)49-17-4-6-36(46)41-22-23-7-14-30-28(18-23)38(48)51-39(30)31-15-10-25(43)19-34(31)50-35-20-26(44)11-16-32(35)39/h1,7-16,18-20,43-45H,3-6,17,22H2,(H,41,46)(H,42,47)/b33-29-. The molecule has 6 rings (SSSR count). The molecule has 0 radical (unpaired) electrons. The van der Waals surface area contributed by atoms with Gasteiger partial charge in [0.25, 0.3) is 5.91 Å². The van der Waals surface area contributed by atoms with E-state index in [0.717, 1.165) is 0 Å². The van der Waals surface area contributed by atoms with Crippen molar-refractivity contribution in [2.45, 2.75) is 37.8 Å². The van der Waals surface area contributed by atoms with Gasteiger partial charge in [-0.15, -0.1) is 12.3 Å². The number of nitrogens with zero attached hydrogens (tertiary/aromatic N) is 1. The van der Waals surface area contributed by atoms with Crippen molar-refractivity contribution in [3.63, 3.8) is 0 Å². The van der Waals surface area contributed by atoms with Crippen molar-refractivity contribution in [1.29, 1.82) is 5.26 Å². The summed E-state index contributed by atoms with van der Waals surface area (Å²) in [5.74, 6) is 1.44. The van der Waals surface area contributed by atoms with Crippen molar-refractivity contribution in [2.24, 2.45) is 0 Å². The highest BCUT2D eigenvalue weighted by molar-refractivity contribution is 6.06. The molecule has 0 bridgehead atoms. The van der Waals surface area contributed by atoms with Gasteiger partial charge in [0.1, 0.15) is 40.6 Å². The molecule has 0 atom stereocenters. The summed E-state index contributed by atoms with van der Waals surface area (Å²) in [5.41, 5.74) is 1.23. The number of anilines is 1. The number of terminal acetylenes is 1. The Hall–Kier alpha value is -6.92. The van der Waals surface area contributed by atoms with Crippen LogP contribution >= 0.6 is 0 Å². The zero-order chi connectivity index (χ0) is 36.1. The van der Waals surface area contributed by atoms with Crippen LogP contribution < -0.4 is 20.1 Å². The molecule has 1 spiro atoms. The van der Waals surface area contributed by atoms with Crippen LogP contribution in [0.15, 0.2) is 90.2 Å². The SMILES string of the molecule is C#CCC/C(O)=C(\C#N)C(=O)Nc1ccc(OCCCC(=O)NCc2ccc3c(c2)C(=O)OC32c3ccc(O)cc3Oc3cc(O)ccc32)cc1. The zero-order valence-electron chi connectivity index (χ0n) is 27.1. The second kappa shape index (κ2) is 14.3. The molecule has 4 aromatic rings. The molecule has 0 aliphatic carbocycles. The summed E-state index contributed by atoms with van der Waals surface area (Å²) < 4.78 is 17.8. The number of allylic oxidation sites excluding steroid dienone is 1. The summed E-state index contributed by atoms with van der Waals surface area (Å²) >= 11 is 0. The molecule has 5 N–H and O–H groups in total. The number of aromatic hydroxyl groups is 2. The average molecular weight is 686 g/mol. The normalized spacial score (nSPS) is 13.6. The molecule has 51 heavy (non-hydrogen) atoms. The number of nitrogens with one attached hydrogen (secondary N) is 2. The number of benzene rings is 4. The molecular formula is C39H31N3O9. The third-order valence-corrected chi connectivity index (χ3v) is 8.39. The lowest BCUT2D eigenvalue weighted by atomic mass is 9.77. The van der Waals surface area contributed by atoms with E-state index in [9.17, 15) is 35.0 Å². The van der Waals surface area contributed by atoms with E-state index < -0.39 is 23.1 Å². The summed E-state index contributed by atoms with van der Waals surface area (Å²) in [7, 11) is 0. The molecule has 12 nitrogen and oxygen atoms in total. The molecule has 0 unspecified atom stereocenters. The Kier molecular flexibility index (Phi) is 9.51. The maximum Gasteiger partial charge on any atom is 0.340 e. The van der Waals surface area contributed by atoms with Gasteiger partial charge in [0.05, 0.1) is 12.2 Å². The highest BCUT2D eigenvalue weighted by Gasteiger charge is 2.53. The van der Waals surface area contributed by atoms with Gasteiger partial charge in [-0.2, -0.15) is 5.26 Å². The predicted octanol–water partition coefficient (Wildman–Crippen LogP) is 5.83. The van der Waals surface area contributed by atoms with E-state index in [0.29, 0.717) is 45.7 Å². The number of phenolic OH excluding ortho intramolecular Hbond substituents is 2. The molecule has 4 aromatic carbocycles. The van der Waals surface area contributed by atoms with E-state index in [4.69, 9.17) is 20.6 Å². The average Bonchev–Trinajstić information content (AvgIpc) is 3.40. The van der Waals surface area contributed by atoms with Gasteiger partial charge < -0.3 is 40.2 Å². The highest BCUT2D eigenvalue weighted by Crippen LogP contribution is 2.57. The Morgan fingerprint density at radius 2 is 1.57 bits per heavy atom. The lowest BCUT2D eigenvalue weighted by Gasteiger charge is -2.36. The van der Waals surface area contributed by atoms with E-state index in [-0.39, 0.29) is 67.1 Å². The molecule has 256 valence electrons. The smallest absolute Gasteiger partial charge is 0.340 e. The lowest BCUT2D eigenvalue weighted by molar-refractivity contribution is -0.121. The lowest BCUT2D eigenvalue weighted by Crippen LogP contribution is -2.32. The number of aliphatic hydroxyl groups is 1. The Balaban J connectivity index is 1.03. The van der Waals surface area contributed by atoms with E-state index in [1.165, 1.54) is 24.3 Å². The number of amides is 2.